The molecular formula is C17H34N2OSn. The van der Waals surface area contributed by atoms with Gasteiger partial charge in [-0.2, -0.15) is 0 Å². The molecule has 3 nitrogen and oxygen atoms in total. The van der Waals surface area contributed by atoms with Crippen LogP contribution < -0.4 is 8.45 Å². The van der Waals surface area contributed by atoms with Crippen molar-refractivity contribution in [3.63, 3.8) is 0 Å². The van der Waals surface area contributed by atoms with E-state index < -0.39 is 18.4 Å². The van der Waals surface area contributed by atoms with E-state index in [0.29, 0.717) is 6.61 Å². The molecule has 0 fully saturated rings. The van der Waals surface area contributed by atoms with Gasteiger partial charge in [-0.25, -0.2) is 0 Å². The Kier molecular flexibility index (Phi) is 9.45. The number of H-pyrrole nitrogens is 1. The zero-order chi connectivity index (χ0) is 15.6. The van der Waals surface area contributed by atoms with Crippen LogP contribution in [0.15, 0.2) is 6.07 Å². The van der Waals surface area contributed by atoms with Gasteiger partial charge in [0.1, 0.15) is 0 Å². The SMILES string of the molecule is CCC[CH2][Sn]([CH2]CCC)([CH2]CCC)[c]1cc(OCC)n[nH]1. The fraction of sp³-hybridized carbons (Fsp3) is 0.824. The summed E-state index contributed by atoms with van der Waals surface area (Å²) in [6.07, 6.45) is 8.07. The van der Waals surface area contributed by atoms with Crippen molar-refractivity contribution in [1.29, 1.82) is 0 Å². The fourth-order valence-corrected chi connectivity index (χ4v) is 18.5. The third-order valence-electron chi connectivity index (χ3n) is 4.44. The number of aromatic nitrogens is 2. The molecule has 0 saturated heterocycles. The van der Waals surface area contributed by atoms with E-state index in [9.17, 15) is 0 Å². The first-order valence-corrected chi connectivity index (χ1v) is 16.4. The summed E-state index contributed by atoms with van der Waals surface area (Å²) in [5.74, 6) is 0.804. The summed E-state index contributed by atoms with van der Waals surface area (Å²) in [7, 11) is 0. The van der Waals surface area contributed by atoms with Gasteiger partial charge in [0.2, 0.25) is 0 Å². The molecule has 0 saturated carbocycles. The normalized spacial score (nSPS) is 11.8. The van der Waals surface area contributed by atoms with Gasteiger partial charge >= 0.3 is 135 Å². The van der Waals surface area contributed by atoms with Crippen LogP contribution in [-0.2, 0) is 0 Å². The average molecular weight is 401 g/mol. The molecular weight excluding hydrogens is 367 g/mol. The van der Waals surface area contributed by atoms with Crippen LogP contribution in [0.2, 0.25) is 13.3 Å². The van der Waals surface area contributed by atoms with E-state index >= 15 is 0 Å². The standard InChI is InChI=1S/C5H7N2O.3C4H9.Sn/c1-2-8-5-3-4-6-7-5;3*1-3-4-2;/h3H,2H2,1H3,(H,6,7);3*1,3-4H2,2H3;. The summed E-state index contributed by atoms with van der Waals surface area (Å²) in [6, 6.07) is 2.24. The monoisotopic (exact) mass is 402 g/mol. The molecule has 0 unspecified atom stereocenters. The van der Waals surface area contributed by atoms with Crippen molar-refractivity contribution in [2.24, 2.45) is 0 Å². The van der Waals surface area contributed by atoms with Crippen molar-refractivity contribution in [3.8, 4) is 5.88 Å². The van der Waals surface area contributed by atoms with Crippen molar-refractivity contribution in [1.82, 2.24) is 10.2 Å². The Morgan fingerprint density at radius 2 is 1.48 bits per heavy atom. The number of unbranched alkanes of at least 4 members (excludes halogenated alkanes) is 3. The molecule has 122 valence electrons. The molecule has 1 heterocycles. The molecule has 0 aliphatic heterocycles. The first kappa shape index (κ1) is 18.9. The minimum atomic E-state index is -2.32. The number of rotatable bonds is 12. The summed E-state index contributed by atoms with van der Waals surface area (Å²) in [5.41, 5.74) is 0. The summed E-state index contributed by atoms with van der Waals surface area (Å²) in [5, 5.41) is 7.78. The van der Waals surface area contributed by atoms with E-state index in [0.717, 1.165) is 5.88 Å². The Labute approximate surface area is 135 Å². The van der Waals surface area contributed by atoms with E-state index in [1.165, 1.54) is 55.5 Å². The van der Waals surface area contributed by atoms with Crippen molar-refractivity contribution in [2.75, 3.05) is 6.61 Å². The quantitative estimate of drug-likeness (QED) is 0.508. The molecule has 0 spiro atoms. The van der Waals surface area contributed by atoms with Crippen molar-refractivity contribution < 1.29 is 4.74 Å². The van der Waals surface area contributed by atoms with E-state index in [1.54, 1.807) is 0 Å². The van der Waals surface area contributed by atoms with Crippen LogP contribution in [0.5, 0.6) is 5.88 Å². The minimum absolute atomic E-state index is 0.700. The average Bonchev–Trinajstić information content (AvgIpc) is 2.96. The van der Waals surface area contributed by atoms with E-state index in [2.05, 4.69) is 37.0 Å². The first-order valence-electron chi connectivity index (χ1n) is 8.91. The molecule has 0 aliphatic carbocycles. The molecule has 0 bridgehead atoms. The van der Waals surface area contributed by atoms with Gasteiger partial charge < -0.3 is 0 Å². The van der Waals surface area contributed by atoms with Crippen LogP contribution in [0.3, 0.4) is 0 Å². The summed E-state index contributed by atoms with van der Waals surface area (Å²) >= 11 is -2.32. The maximum absolute atomic E-state index is 5.59. The number of aromatic amines is 1. The molecule has 0 aromatic carbocycles. The molecule has 1 aromatic rings. The molecule has 1 aromatic heterocycles. The second kappa shape index (κ2) is 10.5. The number of hydrogen-bond acceptors (Lipinski definition) is 2. The third kappa shape index (κ3) is 5.84. The van der Waals surface area contributed by atoms with Crippen molar-refractivity contribution in [3.05, 3.63) is 6.07 Å². The Bertz CT molecular complexity index is 357. The maximum atomic E-state index is 5.59. The summed E-state index contributed by atoms with van der Waals surface area (Å²) in [6.45, 7) is 9.67. The van der Waals surface area contributed by atoms with Crippen LogP contribution in [0.25, 0.3) is 0 Å². The van der Waals surface area contributed by atoms with Gasteiger partial charge in [-0.15, -0.1) is 0 Å². The van der Waals surface area contributed by atoms with Gasteiger partial charge in [-0.1, -0.05) is 0 Å². The Morgan fingerprint density at radius 3 is 1.90 bits per heavy atom. The Hall–Kier alpha value is -0.191. The van der Waals surface area contributed by atoms with Gasteiger partial charge in [-0.05, 0) is 0 Å². The van der Waals surface area contributed by atoms with Gasteiger partial charge in [0.25, 0.3) is 0 Å². The molecule has 0 atom stereocenters. The van der Waals surface area contributed by atoms with E-state index in [1.807, 2.05) is 6.92 Å². The number of nitrogens with one attached hydrogen (secondary N) is 1. The van der Waals surface area contributed by atoms with Crippen LogP contribution in [0.4, 0.5) is 0 Å². The number of nitrogens with zero attached hydrogens (tertiary/aromatic N) is 1. The van der Waals surface area contributed by atoms with Gasteiger partial charge in [-0.3, -0.25) is 0 Å². The predicted octanol–water partition coefficient (Wildman–Crippen LogP) is 4.86. The summed E-state index contributed by atoms with van der Waals surface area (Å²) in [4.78, 5) is 0. The Balaban J connectivity index is 2.97. The molecule has 4 heteroatoms. The molecule has 0 radical (unpaired) electrons. The Morgan fingerprint density at radius 1 is 0.952 bits per heavy atom. The molecule has 0 aliphatic rings. The molecule has 0 amide bonds. The van der Waals surface area contributed by atoms with Crippen molar-refractivity contribution in [2.45, 2.75) is 79.5 Å². The van der Waals surface area contributed by atoms with E-state index in [4.69, 9.17) is 4.74 Å². The molecule has 21 heavy (non-hydrogen) atoms. The second-order valence-electron chi connectivity index (χ2n) is 6.14. The first-order chi connectivity index (χ1) is 10.2. The van der Waals surface area contributed by atoms with Crippen LogP contribution in [0, 0.1) is 0 Å². The molecule has 1 N–H and O–H groups in total. The van der Waals surface area contributed by atoms with Crippen LogP contribution >= 0.6 is 0 Å². The zero-order valence-electron chi connectivity index (χ0n) is 14.5. The number of ether oxygens (including phenoxy) is 1. The van der Waals surface area contributed by atoms with Crippen LogP contribution in [0.1, 0.15) is 66.2 Å². The topological polar surface area (TPSA) is 37.9 Å². The fourth-order valence-electron chi connectivity index (χ4n) is 3.12. The van der Waals surface area contributed by atoms with Gasteiger partial charge in [0.15, 0.2) is 0 Å². The number of hydrogen-bond donors (Lipinski definition) is 1. The second-order valence-corrected chi connectivity index (χ2v) is 19.3. The molecule has 1 rings (SSSR count). The van der Waals surface area contributed by atoms with Gasteiger partial charge in [0, 0.05) is 0 Å². The summed E-state index contributed by atoms with van der Waals surface area (Å²) < 4.78 is 11.5. The van der Waals surface area contributed by atoms with E-state index in [-0.39, 0.29) is 0 Å². The zero-order valence-corrected chi connectivity index (χ0v) is 17.4. The third-order valence-corrected chi connectivity index (χ3v) is 19.7. The van der Waals surface area contributed by atoms with Crippen LogP contribution in [-0.4, -0.2) is 35.2 Å². The van der Waals surface area contributed by atoms with Crippen molar-refractivity contribution >= 4 is 22.1 Å². The predicted molar refractivity (Wildman–Crippen MR) is 94.3 cm³/mol. The van der Waals surface area contributed by atoms with Gasteiger partial charge in [0.05, 0.1) is 0 Å².